The Morgan fingerprint density at radius 2 is 1.77 bits per heavy atom. The average molecular weight is 691 g/mol. The van der Waals surface area contributed by atoms with Gasteiger partial charge >= 0.3 is 0 Å². The number of hydrogen-bond acceptors (Lipinski definition) is 5. The molecule has 0 amide bonds. The number of nitrogens with one attached hydrogen (secondary N) is 1. The zero-order valence-corrected chi connectivity index (χ0v) is 31.8. The molecule has 0 fully saturated rings. The maximum Gasteiger partial charge on any atom is 0.148 e. The van der Waals surface area contributed by atoms with Crippen LogP contribution in [0.5, 0.6) is 0 Å². The smallest absolute Gasteiger partial charge is 0.148 e. The minimum Gasteiger partial charge on any atom is -0.338 e. The van der Waals surface area contributed by atoms with Crippen molar-refractivity contribution in [3.05, 3.63) is 175 Å². The highest BCUT2D eigenvalue weighted by molar-refractivity contribution is 5.82. The molecule has 6 rings (SSSR count). The highest BCUT2D eigenvalue weighted by Crippen LogP contribution is 2.35. The van der Waals surface area contributed by atoms with Crippen molar-refractivity contribution < 1.29 is 0 Å². The van der Waals surface area contributed by atoms with E-state index in [9.17, 15) is 0 Å². The minimum absolute atomic E-state index is 0.411. The van der Waals surface area contributed by atoms with Gasteiger partial charge in [0.05, 0.1) is 42.2 Å². The summed E-state index contributed by atoms with van der Waals surface area (Å²) in [5, 5.41) is 5.72. The van der Waals surface area contributed by atoms with Crippen molar-refractivity contribution in [1.82, 2.24) is 19.6 Å². The van der Waals surface area contributed by atoms with Crippen LogP contribution in [0.25, 0.3) is 11.1 Å². The summed E-state index contributed by atoms with van der Waals surface area (Å²) in [4.78, 5) is 14.2. The second-order valence-electron chi connectivity index (χ2n) is 12.5. The maximum absolute atomic E-state index is 4.81. The Labute approximate surface area is 311 Å². The normalized spacial score (nSPS) is 15.0. The van der Waals surface area contributed by atoms with Gasteiger partial charge in [0.25, 0.3) is 0 Å². The van der Waals surface area contributed by atoms with Crippen LogP contribution in [0.15, 0.2) is 152 Å². The van der Waals surface area contributed by atoms with Crippen molar-refractivity contribution >= 4 is 28.3 Å². The number of allylic oxidation sites excluding steroid dienone is 9. The molecule has 4 aromatic rings. The Hall–Kier alpha value is -5.71. The molecule has 1 N–H and O–H groups in total. The van der Waals surface area contributed by atoms with Crippen LogP contribution in [0.3, 0.4) is 0 Å². The predicted octanol–water partition coefficient (Wildman–Crippen LogP) is 11.7. The van der Waals surface area contributed by atoms with Gasteiger partial charge in [-0.3, -0.25) is 9.99 Å². The molecule has 2 aromatic heterocycles. The lowest BCUT2D eigenvalue weighted by molar-refractivity contribution is 0.589. The minimum atomic E-state index is 0.411. The van der Waals surface area contributed by atoms with Crippen LogP contribution in [-0.4, -0.2) is 26.2 Å². The number of imidazole rings is 1. The van der Waals surface area contributed by atoms with Crippen LogP contribution in [0.4, 0.5) is 17.2 Å². The molecular formula is C46H54N6. The van der Waals surface area contributed by atoms with E-state index in [2.05, 4.69) is 139 Å². The standard InChI is InChI=1S/C41H42N6.C3H6.C2H6/c1-5-7-8-16-34-27-47(40-20-12-10-18-38(40)31(34)4)46-28-36(44-29-46)24-33-15-13-14-32(21-22-33)23-35-25-43-41(26-42-35)45-39-19-11-9-17-37(39)30(3)6-2;1-3-2;1-2/h5-7,9-12,15-22,25-26,28-29,32H,1,13-14,23-24,27H2,2-4H3,(H,43,45);3H,1H2,2H3;1-2H3/b30-6+;;. The monoisotopic (exact) mass is 690 g/mol. The number of fused-ring (bicyclic) bond motifs is 1. The van der Waals surface area contributed by atoms with Crippen molar-refractivity contribution in [2.45, 2.75) is 67.2 Å². The molecule has 1 atom stereocenters. The first-order valence-electron chi connectivity index (χ1n) is 18.3. The van der Waals surface area contributed by atoms with E-state index in [1.165, 1.54) is 39.1 Å². The quantitative estimate of drug-likeness (QED) is 0.102. The van der Waals surface area contributed by atoms with Crippen LogP contribution >= 0.6 is 0 Å². The highest BCUT2D eigenvalue weighted by atomic mass is 15.6. The fraction of sp³-hybridized carbons (Fsp3) is 0.261. The maximum atomic E-state index is 4.81. The molecule has 0 saturated heterocycles. The zero-order chi connectivity index (χ0) is 37.3. The fourth-order valence-electron chi connectivity index (χ4n) is 6.15. The molecule has 1 aliphatic heterocycles. The van der Waals surface area contributed by atoms with Gasteiger partial charge < -0.3 is 5.32 Å². The summed E-state index contributed by atoms with van der Waals surface area (Å²) >= 11 is 0. The summed E-state index contributed by atoms with van der Waals surface area (Å²) in [6.45, 7) is 20.1. The van der Waals surface area contributed by atoms with Gasteiger partial charge in [0.15, 0.2) is 0 Å². The van der Waals surface area contributed by atoms with Gasteiger partial charge in [-0.25, -0.2) is 14.6 Å². The predicted molar refractivity (Wildman–Crippen MR) is 223 cm³/mol. The number of para-hydroxylation sites is 2. The number of nitrogens with zero attached hydrogens (tertiary/aromatic N) is 5. The van der Waals surface area contributed by atoms with Gasteiger partial charge in [-0.05, 0) is 99.5 Å². The van der Waals surface area contributed by atoms with E-state index in [0.717, 1.165) is 55.1 Å². The van der Waals surface area contributed by atoms with E-state index < -0.39 is 0 Å². The summed E-state index contributed by atoms with van der Waals surface area (Å²) in [5.41, 5.74) is 14.9. The molecule has 2 aromatic carbocycles. The molecule has 1 aliphatic carbocycles. The lowest BCUT2D eigenvalue weighted by atomic mass is 9.95. The first-order chi connectivity index (χ1) is 25.4. The van der Waals surface area contributed by atoms with Crippen molar-refractivity contribution in [3.8, 4) is 0 Å². The van der Waals surface area contributed by atoms with Crippen LogP contribution in [0.2, 0.25) is 0 Å². The van der Waals surface area contributed by atoms with E-state index >= 15 is 0 Å². The van der Waals surface area contributed by atoms with Gasteiger partial charge in [-0.15, -0.1) is 12.3 Å². The van der Waals surface area contributed by atoms with E-state index in [-0.39, 0.29) is 0 Å². The molecule has 0 spiro atoms. The summed E-state index contributed by atoms with van der Waals surface area (Å²) in [7, 11) is 0. The van der Waals surface area contributed by atoms with Crippen LogP contribution in [-0.2, 0) is 12.8 Å². The Morgan fingerprint density at radius 3 is 2.52 bits per heavy atom. The number of anilines is 3. The van der Waals surface area contributed by atoms with Crippen molar-refractivity contribution in [3.63, 3.8) is 0 Å². The molecule has 3 heterocycles. The van der Waals surface area contributed by atoms with Crippen LogP contribution < -0.4 is 10.3 Å². The van der Waals surface area contributed by atoms with E-state index in [1.54, 1.807) is 12.2 Å². The third-order valence-electron chi connectivity index (χ3n) is 8.90. The molecular weight excluding hydrogens is 637 g/mol. The summed E-state index contributed by atoms with van der Waals surface area (Å²) in [6.07, 6.45) is 28.1. The summed E-state index contributed by atoms with van der Waals surface area (Å²) in [5.74, 6) is 1.16. The summed E-state index contributed by atoms with van der Waals surface area (Å²) in [6, 6.07) is 16.8. The molecule has 52 heavy (non-hydrogen) atoms. The molecule has 0 radical (unpaired) electrons. The van der Waals surface area contributed by atoms with Crippen molar-refractivity contribution in [2.75, 3.05) is 16.9 Å². The third kappa shape index (κ3) is 10.4. The van der Waals surface area contributed by atoms with Crippen molar-refractivity contribution in [1.29, 1.82) is 0 Å². The lowest BCUT2D eigenvalue weighted by Gasteiger charge is -2.33. The number of benzene rings is 2. The molecule has 6 nitrogen and oxygen atoms in total. The molecule has 268 valence electrons. The lowest BCUT2D eigenvalue weighted by Crippen LogP contribution is -2.33. The number of rotatable bonds is 10. The van der Waals surface area contributed by atoms with Gasteiger partial charge in [0.1, 0.15) is 12.1 Å². The van der Waals surface area contributed by atoms with E-state index in [1.807, 2.05) is 51.6 Å². The topological polar surface area (TPSA) is 58.9 Å². The van der Waals surface area contributed by atoms with Gasteiger partial charge in [0.2, 0.25) is 0 Å². The van der Waals surface area contributed by atoms with E-state index in [0.29, 0.717) is 5.92 Å². The van der Waals surface area contributed by atoms with Gasteiger partial charge in [0, 0.05) is 23.2 Å². The number of hydrogen-bond donors (Lipinski definition) is 1. The fourth-order valence-corrected chi connectivity index (χ4v) is 6.15. The average Bonchev–Trinajstić information content (AvgIpc) is 3.53. The van der Waals surface area contributed by atoms with Crippen molar-refractivity contribution in [2.24, 2.45) is 5.92 Å². The Balaban J connectivity index is 0.00000115. The molecule has 6 heteroatoms. The Kier molecular flexibility index (Phi) is 15.2. The first-order valence-corrected chi connectivity index (χ1v) is 18.3. The van der Waals surface area contributed by atoms with Gasteiger partial charge in [-0.1, -0.05) is 93.3 Å². The second-order valence-corrected chi connectivity index (χ2v) is 12.5. The van der Waals surface area contributed by atoms with E-state index in [4.69, 9.17) is 9.97 Å². The van der Waals surface area contributed by atoms with Crippen LogP contribution in [0.1, 0.15) is 76.9 Å². The Bertz CT molecular complexity index is 1980. The summed E-state index contributed by atoms with van der Waals surface area (Å²) < 4.78 is 2.12. The van der Waals surface area contributed by atoms with Gasteiger partial charge in [-0.2, -0.15) is 0 Å². The first kappa shape index (κ1) is 39.1. The Morgan fingerprint density at radius 1 is 1.00 bits per heavy atom. The molecule has 0 bridgehead atoms. The molecule has 0 saturated carbocycles. The van der Waals surface area contributed by atoms with Crippen LogP contribution in [0, 0.1) is 5.92 Å². The third-order valence-corrected chi connectivity index (χ3v) is 8.90. The second kappa shape index (κ2) is 20.2. The SMILES string of the molecule is C=CC.C=CC=C=CC1=C(C)c2ccccc2N(n2cnc(CC3=CCCC(Cc4cnc(Nc5ccccc5/C(C)=C/C)cn4)C=C3)c2)C1.CC. The largest absolute Gasteiger partial charge is 0.338 e. The zero-order valence-electron chi connectivity index (χ0n) is 31.8. The number of aromatic nitrogens is 4. The molecule has 1 unspecified atom stereocenters. The highest BCUT2D eigenvalue weighted by Gasteiger charge is 2.22. The molecule has 2 aliphatic rings.